The molecule has 3 heterocycles. The number of hydrogen-bond acceptors (Lipinski definition) is 5. The zero-order chi connectivity index (χ0) is 22.3. The van der Waals surface area contributed by atoms with Crippen LogP contribution < -0.4 is 0 Å². The van der Waals surface area contributed by atoms with Crippen LogP contribution in [0, 0.1) is 0 Å². The van der Waals surface area contributed by atoms with Gasteiger partial charge in [-0.15, -0.1) is 11.3 Å². The molecule has 2 saturated heterocycles. The Morgan fingerprint density at radius 3 is 2.33 bits per heavy atom. The minimum absolute atomic E-state index is 0.251. The molecule has 2 aliphatic heterocycles. The number of nitrogens with zero attached hydrogens (tertiary/aromatic N) is 1. The Labute approximate surface area is 183 Å². The van der Waals surface area contributed by atoms with E-state index in [4.69, 9.17) is 14.0 Å². The molecule has 0 aliphatic carbocycles. The van der Waals surface area contributed by atoms with Gasteiger partial charge in [-0.05, 0) is 90.3 Å². The summed E-state index contributed by atoms with van der Waals surface area (Å²) in [5.41, 5.74) is -0.834. The Kier molecular flexibility index (Phi) is 6.43. The van der Waals surface area contributed by atoms with E-state index in [0.717, 1.165) is 17.7 Å². The normalized spacial score (nSPS) is 22.5. The van der Waals surface area contributed by atoms with Crippen molar-refractivity contribution < 1.29 is 23.2 Å². The summed E-state index contributed by atoms with van der Waals surface area (Å²) in [6, 6.07) is 2.03. The van der Waals surface area contributed by atoms with E-state index in [2.05, 4.69) is 5.38 Å². The van der Waals surface area contributed by atoms with Crippen molar-refractivity contribution in [3.8, 4) is 0 Å². The number of piperidine rings is 1. The zero-order valence-electron chi connectivity index (χ0n) is 19.1. The summed E-state index contributed by atoms with van der Waals surface area (Å²) in [7, 11) is -0.974. The van der Waals surface area contributed by atoms with Gasteiger partial charge in [0.1, 0.15) is 11.3 Å². The van der Waals surface area contributed by atoms with Crippen molar-refractivity contribution in [2.45, 2.75) is 84.0 Å². The number of carbonyl (C=O) groups excluding carboxylic acids is 1. The third-order valence-electron chi connectivity index (χ3n) is 6.02. The van der Waals surface area contributed by atoms with Gasteiger partial charge in [-0.25, -0.2) is 9.18 Å². The maximum Gasteiger partial charge on any atom is 0.525 e. The average Bonchev–Trinajstić information content (AvgIpc) is 3.15. The summed E-state index contributed by atoms with van der Waals surface area (Å²) < 4.78 is 31.8. The van der Waals surface area contributed by atoms with Gasteiger partial charge in [0.05, 0.1) is 11.2 Å². The number of hydrogen-bond donors (Lipinski definition) is 0. The van der Waals surface area contributed by atoms with Crippen molar-refractivity contribution in [1.82, 2.24) is 4.90 Å². The first kappa shape index (κ1) is 23.3. The number of ether oxygens (including phenoxy) is 1. The third-order valence-corrected chi connectivity index (χ3v) is 6.91. The topological polar surface area (TPSA) is 48.0 Å². The van der Waals surface area contributed by atoms with Crippen LogP contribution in [0.15, 0.2) is 17.2 Å². The number of carbonyl (C=O) groups is 1. The second-order valence-electron chi connectivity index (χ2n) is 10.1. The monoisotopic (exact) mass is 437 g/mol. The molecule has 0 N–H and O–H groups in total. The summed E-state index contributed by atoms with van der Waals surface area (Å²) >= 11 is 1.51. The molecule has 0 saturated carbocycles. The number of likely N-dealkylation sites (tertiary alicyclic amines) is 1. The molecule has 0 radical (unpaired) electrons. The van der Waals surface area contributed by atoms with Crippen LogP contribution in [0.25, 0.3) is 6.08 Å². The Balaban J connectivity index is 1.58. The van der Waals surface area contributed by atoms with Gasteiger partial charge in [0.15, 0.2) is 0 Å². The van der Waals surface area contributed by atoms with Crippen molar-refractivity contribution in [2.75, 3.05) is 13.1 Å². The maximum absolute atomic E-state index is 14.8. The van der Waals surface area contributed by atoms with Gasteiger partial charge in [0.2, 0.25) is 0 Å². The minimum Gasteiger partial charge on any atom is -0.444 e. The van der Waals surface area contributed by atoms with Crippen LogP contribution in [0.4, 0.5) is 9.18 Å². The Morgan fingerprint density at radius 1 is 1.23 bits per heavy atom. The van der Waals surface area contributed by atoms with Gasteiger partial charge in [-0.3, -0.25) is 0 Å². The molecule has 3 rings (SSSR count). The summed E-state index contributed by atoms with van der Waals surface area (Å²) in [5, 5.41) is 2.08. The molecular formula is C22H33BFNO4S. The SMILES string of the molecule is CC(C)(C)OC(=O)N1CCC(c2csc(C=C(F)B3OC(C)(C)C(C)(C)O3)c2)CC1. The molecule has 1 aromatic heterocycles. The van der Waals surface area contributed by atoms with E-state index in [9.17, 15) is 9.18 Å². The van der Waals surface area contributed by atoms with Crippen molar-refractivity contribution in [1.29, 1.82) is 0 Å². The average molecular weight is 437 g/mol. The lowest BCUT2D eigenvalue weighted by Gasteiger charge is -2.33. The van der Waals surface area contributed by atoms with Gasteiger partial charge < -0.3 is 18.9 Å². The van der Waals surface area contributed by atoms with Gasteiger partial charge in [0, 0.05) is 18.0 Å². The molecule has 8 heteroatoms. The Bertz CT molecular complexity index is 790. The first-order valence-electron chi connectivity index (χ1n) is 10.6. The minimum atomic E-state index is -0.974. The molecule has 0 spiro atoms. The predicted octanol–water partition coefficient (Wildman–Crippen LogP) is 5.80. The van der Waals surface area contributed by atoms with Crippen LogP contribution >= 0.6 is 11.3 Å². The van der Waals surface area contributed by atoms with Gasteiger partial charge in [-0.2, -0.15) is 0 Å². The molecule has 0 unspecified atom stereocenters. The molecule has 2 fully saturated rings. The van der Waals surface area contributed by atoms with E-state index in [1.807, 2.05) is 54.5 Å². The summed E-state index contributed by atoms with van der Waals surface area (Å²) in [5.74, 6) is 0.363. The van der Waals surface area contributed by atoms with Gasteiger partial charge in [0.25, 0.3) is 0 Å². The van der Waals surface area contributed by atoms with E-state index in [1.165, 1.54) is 23.0 Å². The lowest BCUT2D eigenvalue weighted by molar-refractivity contribution is 0.00578. The van der Waals surface area contributed by atoms with Crippen molar-refractivity contribution >= 4 is 30.6 Å². The van der Waals surface area contributed by atoms with Crippen LogP contribution in [-0.4, -0.2) is 48.0 Å². The van der Waals surface area contributed by atoms with Crippen LogP contribution in [0.2, 0.25) is 0 Å². The van der Waals surface area contributed by atoms with Gasteiger partial charge >= 0.3 is 13.2 Å². The fourth-order valence-corrected chi connectivity index (χ4v) is 4.46. The molecule has 30 heavy (non-hydrogen) atoms. The predicted molar refractivity (Wildman–Crippen MR) is 119 cm³/mol. The van der Waals surface area contributed by atoms with Crippen LogP contribution in [0.1, 0.15) is 77.7 Å². The highest BCUT2D eigenvalue weighted by molar-refractivity contribution is 7.11. The summed E-state index contributed by atoms with van der Waals surface area (Å²) in [6.07, 6.45) is 3.00. The summed E-state index contributed by atoms with van der Waals surface area (Å²) in [4.78, 5) is 14.8. The van der Waals surface area contributed by atoms with E-state index < -0.39 is 29.6 Å². The second kappa shape index (κ2) is 8.28. The van der Waals surface area contributed by atoms with E-state index in [1.54, 1.807) is 4.90 Å². The van der Waals surface area contributed by atoms with Crippen molar-refractivity contribution in [2.24, 2.45) is 0 Å². The van der Waals surface area contributed by atoms with E-state index in [-0.39, 0.29) is 6.09 Å². The molecule has 2 aliphatic rings. The third kappa shape index (κ3) is 5.26. The molecule has 5 nitrogen and oxygen atoms in total. The van der Waals surface area contributed by atoms with E-state index >= 15 is 0 Å². The first-order chi connectivity index (χ1) is 13.8. The van der Waals surface area contributed by atoms with Crippen molar-refractivity contribution in [3.05, 3.63) is 27.6 Å². The molecule has 1 aromatic rings. The number of amides is 1. The van der Waals surface area contributed by atoms with Crippen LogP contribution in [0.5, 0.6) is 0 Å². The highest BCUT2D eigenvalue weighted by Gasteiger charge is 2.53. The first-order valence-corrected chi connectivity index (χ1v) is 11.4. The van der Waals surface area contributed by atoms with E-state index in [0.29, 0.717) is 19.0 Å². The highest BCUT2D eigenvalue weighted by Crippen LogP contribution is 2.39. The smallest absolute Gasteiger partial charge is 0.444 e. The lowest BCUT2D eigenvalue weighted by atomic mass is 9.87. The molecule has 166 valence electrons. The summed E-state index contributed by atoms with van der Waals surface area (Å²) in [6.45, 7) is 14.6. The molecule has 0 bridgehead atoms. The largest absolute Gasteiger partial charge is 0.525 e. The zero-order valence-corrected chi connectivity index (χ0v) is 19.9. The quantitative estimate of drug-likeness (QED) is 0.561. The molecule has 0 aromatic carbocycles. The van der Waals surface area contributed by atoms with Gasteiger partial charge in [-0.1, -0.05) is 0 Å². The number of rotatable bonds is 3. The fraction of sp³-hybridized carbons (Fsp3) is 0.682. The van der Waals surface area contributed by atoms with Crippen molar-refractivity contribution in [3.63, 3.8) is 0 Å². The maximum atomic E-state index is 14.8. The molecule has 1 amide bonds. The molecular weight excluding hydrogens is 404 g/mol. The Morgan fingerprint density at radius 2 is 1.80 bits per heavy atom. The fourth-order valence-electron chi connectivity index (χ4n) is 3.54. The standard InChI is InChI=1S/C22H33BFNO4S/c1-20(2,3)27-19(26)25-10-8-15(9-11-25)16-12-17(30-14-16)13-18(24)23-28-21(4,5)22(6,7)29-23/h12-15H,8-11H2,1-7H3. The number of halogens is 1. The molecule has 0 atom stereocenters. The lowest BCUT2D eigenvalue weighted by Crippen LogP contribution is -2.41. The number of thiophene rings is 1. The second-order valence-corrected chi connectivity index (χ2v) is 11.1. The Hall–Kier alpha value is -1.38. The van der Waals surface area contributed by atoms with Crippen LogP contribution in [-0.2, 0) is 14.0 Å². The highest BCUT2D eigenvalue weighted by atomic mass is 32.1. The van der Waals surface area contributed by atoms with Crippen LogP contribution in [0.3, 0.4) is 0 Å².